The minimum atomic E-state index is -3.66. The van der Waals surface area contributed by atoms with Crippen LogP contribution in [0, 0.1) is 6.92 Å². The second-order valence-corrected chi connectivity index (χ2v) is 7.54. The molecule has 1 N–H and O–H groups in total. The Morgan fingerprint density at radius 2 is 1.80 bits per heavy atom. The molecule has 5 nitrogen and oxygen atoms in total. The fourth-order valence-corrected chi connectivity index (χ4v) is 4.00. The first-order chi connectivity index (χ1) is 12.0. The number of nitrogens with one attached hydrogen (secondary N) is 1. The molecule has 0 saturated carbocycles. The van der Waals surface area contributed by atoms with E-state index in [1.807, 2.05) is 31.2 Å². The van der Waals surface area contributed by atoms with Gasteiger partial charge in [-0.2, -0.15) is 0 Å². The number of sulfonamides is 1. The van der Waals surface area contributed by atoms with E-state index in [0.717, 1.165) is 16.7 Å². The number of rotatable bonds is 6. The molecule has 1 aromatic heterocycles. The summed E-state index contributed by atoms with van der Waals surface area (Å²) < 4.78 is 33.5. The molecule has 3 aromatic rings. The van der Waals surface area contributed by atoms with E-state index >= 15 is 0 Å². The average molecular weight is 356 g/mol. The minimum Gasteiger partial charge on any atom is -0.380 e. The zero-order valence-corrected chi connectivity index (χ0v) is 15.0. The van der Waals surface area contributed by atoms with Crippen molar-refractivity contribution in [2.45, 2.75) is 25.0 Å². The number of aryl methyl sites for hydroxylation is 1. The molecule has 0 fully saturated rings. The van der Waals surface area contributed by atoms with Gasteiger partial charge >= 0.3 is 0 Å². The molecule has 0 bridgehead atoms. The zero-order chi connectivity index (χ0) is 17.9. The van der Waals surface area contributed by atoms with E-state index < -0.39 is 10.0 Å². The molecular weight excluding hydrogens is 336 g/mol. The Labute approximate surface area is 147 Å². The molecule has 0 unspecified atom stereocenters. The van der Waals surface area contributed by atoms with Crippen LogP contribution in [0.15, 0.2) is 59.6 Å². The standard InChI is InChI=1S/C19H20N2O3S/c1-14-9-10-18(17-8-5-11-20-19(14)17)25(22,23)21-12-15-6-3-4-7-16(15)13-24-2/h3-11,21H,12-13H2,1-2H3. The number of hydrogen-bond donors (Lipinski definition) is 1. The highest BCUT2D eigenvalue weighted by atomic mass is 32.2. The topological polar surface area (TPSA) is 68.3 Å². The molecule has 130 valence electrons. The number of hydrogen-bond acceptors (Lipinski definition) is 4. The van der Waals surface area contributed by atoms with E-state index in [-0.39, 0.29) is 11.4 Å². The van der Waals surface area contributed by atoms with Crippen molar-refractivity contribution in [1.29, 1.82) is 0 Å². The smallest absolute Gasteiger partial charge is 0.241 e. The lowest BCUT2D eigenvalue weighted by molar-refractivity contribution is 0.184. The van der Waals surface area contributed by atoms with Crippen molar-refractivity contribution >= 4 is 20.9 Å². The van der Waals surface area contributed by atoms with Gasteiger partial charge in [0.25, 0.3) is 0 Å². The van der Waals surface area contributed by atoms with Gasteiger partial charge in [-0.3, -0.25) is 4.98 Å². The first kappa shape index (κ1) is 17.5. The normalized spacial score (nSPS) is 11.8. The van der Waals surface area contributed by atoms with E-state index in [1.165, 1.54) is 0 Å². The van der Waals surface area contributed by atoms with E-state index in [2.05, 4.69) is 9.71 Å². The molecule has 0 spiro atoms. The lowest BCUT2D eigenvalue weighted by atomic mass is 10.1. The molecule has 3 rings (SSSR count). The molecule has 0 aliphatic heterocycles. The number of nitrogens with zero attached hydrogens (tertiary/aromatic N) is 1. The molecule has 0 amide bonds. The highest BCUT2D eigenvalue weighted by Gasteiger charge is 2.18. The number of methoxy groups -OCH3 is 1. The van der Waals surface area contributed by atoms with Crippen molar-refractivity contribution in [3.8, 4) is 0 Å². The molecular formula is C19H20N2O3S. The largest absolute Gasteiger partial charge is 0.380 e. The van der Waals surface area contributed by atoms with Crippen LogP contribution in [0.3, 0.4) is 0 Å². The summed E-state index contributed by atoms with van der Waals surface area (Å²) in [6.07, 6.45) is 1.67. The maximum atomic E-state index is 12.8. The Morgan fingerprint density at radius 3 is 2.56 bits per heavy atom. The van der Waals surface area contributed by atoms with Gasteiger partial charge in [0.2, 0.25) is 10.0 Å². The third kappa shape index (κ3) is 3.71. The van der Waals surface area contributed by atoms with Crippen LogP contribution in [0.5, 0.6) is 0 Å². The van der Waals surface area contributed by atoms with Gasteiger partial charge in [-0.25, -0.2) is 13.1 Å². The maximum absolute atomic E-state index is 12.8. The van der Waals surface area contributed by atoms with Gasteiger partial charge < -0.3 is 4.74 Å². The van der Waals surface area contributed by atoms with Crippen LogP contribution in [0.2, 0.25) is 0 Å². The van der Waals surface area contributed by atoms with E-state index in [4.69, 9.17) is 4.74 Å². The fraction of sp³-hybridized carbons (Fsp3) is 0.211. The molecule has 0 radical (unpaired) electrons. The van der Waals surface area contributed by atoms with Gasteiger partial charge in [0.15, 0.2) is 0 Å². The monoisotopic (exact) mass is 356 g/mol. The van der Waals surface area contributed by atoms with Gasteiger partial charge in [0, 0.05) is 25.2 Å². The van der Waals surface area contributed by atoms with Crippen LogP contribution in [-0.4, -0.2) is 20.5 Å². The SMILES string of the molecule is COCc1ccccc1CNS(=O)(=O)c1ccc(C)c2ncccc12. The lowest BCUT2D eigenvalue weighted by Gasteiger charge is -2.12. The highest BCUT2D eigenvalue weighted by Crippen LogP contribution is 2.24. The van der Waals surface area contributed by atoms with Gasteiger partial charge in [-0.1, -0.05) is 30.3 Å². The van der Waals surface area contributed by atoms with Crippen molar-refractivity contribution in [1.82, 2.24) is 9.71 Å². The molecule has 0 aliphatic rings. The number of fused-ring (bicyclic) bond motifs is 1. The second kappa shape index (κ2) is 7.31. The Bertz CT molecular complexity index is 1000. The van der Waals surface area contributed by atoms with Crippen LogP contribution in [0.25, 0.3) is 10.9 Å². The van der Waals surface area contributed by atoms with Gasteiger partial charge in [0.05, 0.1) is 17.0 Å². The molecule has 0 saturated heterocycles. The molecule has 2 aromatic carbocycles. The summed E-state index contributed by atoms with van der Waals surface area (Å²) in [7, 11) is -2.05. The van der Waals surface area contributed by atoms with Crippen LogP contribution >= 0.6 is 0 Å². The van der Waals surface area contributed by atoms with Crippen molar-refractivity contribution in [2.75, 3.05) is 7.11 Å². The second-order valence-electron chi connectivity index (χ2n) is 5.81. The molecule has 0 atom stereocenters. The molecule has 6 heteroatoms. The van der Waals surface area contributed by atoms with Gasteiger partial charge in [-0.15, -0.1) is 0 Å². The summed E-state index contributed by atoms with van der Waals surface area (Å²) in [5.74, 6) is 0. The zero-order valence-electron chi connectivity index (χ0n) is 14.2. The minimum absolute atomic E-state index is 0.206. The predicted molar refractivity (Wildman–Crippen MR) is 97.7 cm³/mol. The van der Waals surface area contributed by atoms with E-state index in [0.29, 0.717) is 17.5 Å². The number of pyridine rings is 1. The average Bonchev–Trinajstić information content (AvgIpc) is 2.62. The van der Waals surface area contributed by atoms with Crippen LogP contribution in [0.1, 0.15) is 16.7 Å². The highest BCUT2D eigenvalue weighted by molar-refractivity contribution is 7.89. The summed E-state index contributed by atoms with van der Waals surface area (Å²) >= 11 is 0. The molecule has 25 heavy (non-hydrogen) atoms. The maximum Gasteiger partial charge on any atom is 0.241 e. The third-order valence-electron chi connectivity index (χ3n) is 4.09. The Hall–Kier alpha value is -2.28. The summed E-state index contributed by atoms with van der Waals surface area (Å²) in [6, 6.07) is 14.5. The molecule has 1 heterocycles. The Kier molecular flexibility index (Phi) is 5.13. The van der Waals surface area contributed by atoms with Crippen molar-refractivity contribution in [3.05, 3.63) is 71.4 Å². The van der Waals surface area contributed by atoms with Crippen LogP contribution < -0.4 is 4.72 Å². The van der Waals surface area contributed by atoms with Crippen molar-refractivity contribution < 1.29 is 13.2 Å². The quantitative estimate of drug-likeness (QED) is 0.737. The lowest BCUT2D eigenvalue weighted by Crippen LogP contribution is -2.24. The summed E-state index contributed by atoms with van der Waals surface area (Å²) in [5, 5.41) is 0.625. The summed E-state index contributed by atoms with van der Waals surface area (Å²) in [5.41, 5.74) is 3.50. The number of benzene rings is 2. The summed E-state index contributed by atoms with van der Waals surface area (Å²) in [4.78, 5) is 4.54. The first-order valence-electron chi connectivity index (χ1n) is 7.92. The van der Waals surface area contributed by atoms with Gasteiger partial charge in [0.1, 0.15) is 0 Å². The Balaban J connectivity index is 1.93. The van der Waals surface area contributed by atoms with E-state index in [1.54, 1.807) is 37.6 Å². The summed E-state index contributed by atoms with van der Waals surface area (Å²) in [6.45, 7) is 2.56. The fourth-order valence-electron chi connectivity index (χ4n) is 2.80. The number of aromatic nitrogens is 1. The number of ether oxygens (including phenoxy) is 1. The molecule has 0 aliphatic carbocycles. The van der Waals surface area contributed by atoms with Crippen molar-refractivity contribution in [3.63, 3.8) is 0 Å². The van der Waals surface area contributed by atoms with Crippen molar-refractivity contribution in [2.24, 2.45) is 0 Å². The van der Waals surface area contributed by atoms with Gasteiger partial charge in [-0.05, 0) is 41.8 Å². The third-order valence-corrected chi connectivity index (χ3v) is 5.55. The van der Waals surface area contributed by atoms with Crippen LogP contribution in [0.4, 0.5) is 0 Å². The predicted octanol–water partition coefficient (Wildman–Crippen LogP) is 3.17. The Morgan fingerprint density at radius 1 is 1.04 bits per heavy atom. The van der Waals surface area contributed by atoms with Crippen LogP contribution in [-0.2, 0) is 27.9 Å². The van der Waals surface area contributed by atoms with E-state index in [9.17, 15) is 8.42 Å². The first-order valence-corrected chi connectivity index (χ1v) is 9.41.